The molecule has 1 fully saturated rings. The third-order valence-electron chi connectivity index (χ3n) is 7.23. The van der Waals surface area contributed by atoms with Gasteiger partial charge in [-0.25, -0.2) is 0 Å². The summed E-state index contributed by atoms with van der Waals surface area (Å²) in [5.41, 5.74) is 6.53. The van der Waals surface area contributed by atoms with Crippen molar-refractivity contribution in [2.45, 2.75) is 81.6 Å². The van der Waals surface area contributed by atoms with Crippen molar-refractivity contribution in [1.82, 2.24) is 0 Å². The summed E-state index contributed by atoms with van der Waals surface area (Å²) in [6.45, 7) is 11.0. The predicted octanol–water partition coefficient (Wildman–Crippen LogP) is 3.56. The molecular weight excluding hydrogens is 308 g/mol. The Morgan fingerprint density at radius 2 is 1.70 bits per heavy atom. The fourth-order valence-electron chi connectivity index (χ4n) is 6.23. The van der Waals surface area contributed by atoms with E-state index in [0.717, 1.165) is 30.4 Å². The highest BCUT2D eigenvalue weighted by Crippen LogP contribution is 2.76. The van der Waals surface area contributed by atoms with Crippen molar-refractivity contribution < 1.29 is 12.6 Å². The van der Waals surface area contributed by atoms with E-state index in [2.05, 4.69) is 27.7 Å². The van der Waals surface area contributed by atoms with E-state index in [1.807, 2.05) is 6.92 Å². The van der Waals surface area contributed by atoms with Gasteiger partial charge in [0.05, 0.1) is 6.10 Å². The maximum Gasteiger partial charge on any atom is 0.297 e. The van der Waals surface area contributed by atoms with Gasteiger partial charge in [-0.2, -0.15) is 8.42 Å². The zero-order chi connectivity index (χ0) is 16.5. The van der Waals surface area contributed by atoms with E-state index >= 15 is 0 Å². The molecule has 0 bridgehead atoms. The molecule has 0 radical (unpaired) electrons. The first kappa shape index (κ1) is 14.5. The molecule has 124 valence electrons. The van der Waals surface area contributed by atoms with Crippen LogP contribution in [0.5, 0.6) is 0 Å². The van der Waals surface area contributed by atoms with Gasteiger partial charge in [0.1, 0.15) is 4.90 Å². The Bertz CT molecular complexity index is 881. The van der Waals surface area contributed by atoms with Crippen LogP contribution in [0.15, 0.2) is 4.90 Å². The minimum atomic E-state index is -3.63. The minimum absolute atomic E-state index is 0.0667. The molecule has 0 amide bonds. The molecule has 1 aromatic carbocycles. The number of hydrogen-bond acceptors (Lipinski definition) is 3. The number of rotatable bonds is 0. The van der Waals surface area contributed by atoms with Crippen LogP contribution in [0.3, 0.4) is 0 Å². The van der Waals surface area contributed by atoms with Crippen LogP contribution in [0.25, 0.3) is 0 Å². The van der Waals surface area contributed by atoms with E-state index < -0.39 is 10.1 Å². The van der Waals surface area contributed by atoms with Crippen LogP contribution in [0, 0.1) is 5.92 Å². The van der Waals surface area contributed by atoms with Crippen LogP contribution < -0.4 is 0 Å². The molecule has 1 aliphatic heterocycles. The second kappa shape index (κ2) is 3.70. The van der Waals surface area contributed by atoms with Crippen molar-refractivity contribution >= 4 is 10.1 Å². The van der Waals surface area contributed by atoms with E-state index in [1.54, 1.807) is 0 Å². The van der Waals surface area contributed by atoms with Crippen LogP contribution in [0.2, 0.25) is 0 Å². The monoisotopic (exact) mass is 332 g/mol. The van der Waals surface area contributed by atoms with Gasteiger partial charge in [0.25, 0.3) is 10.1 Å². The Hall–Kier alpha value is -0.870. The molecule has 0 aromatic heterocycles. The zero-order valence-electron chi connectivity index (χ0n) is 14.5. The van der Waals surface area contributed by atoms with Crippen molar-refractivity contribution in [1.29, 1.82) is 0 Å². The first-order valence-corrected chi connectivity index (χ1v) is 10.2. The summed E-state index contributed by atoms with van der Waals surface area (Å²) in [6, 6.07) is 0. The fourth-order valence-corrected chi connectivity index (χ4v) is 7.86. The molecule has 4 aliphatic rings. The standard InChI is InChI=1S/C19H24O3S/c1-9-6-12-14(9)13-7-11(3)22-23(20,21)17(13)16-15(12)18(4,5)19(16)8-10(19)2/h9-11H,6-8H2,1-5H3. The third kappa shape index (κ3) is 1.33. The molecule has 1 saturated carbocycles. The maximum absolute atomic E-state index is 12.9. The third-order valence-corrected chi connectivity index (χ3v) is 8.77. The quantitative estimate of drug-likeness (QED) is 0.682. The van der Waals surface area contributed by atoms with Crippen LogP contribution in [0.4, 0.5) is 0 Å². The smallest absolute Gasteiger partial charge is 0.263 e. The Morgan fingerprint density at radius 3 is 2.26 bits per heavy atom. The summed E-state index contributed by atoms with van der Waals surface area (Å²) in [6.07, 6.45) is 2.70. The minimum Gasteiger partial charge on any atom is -0.263 e. The van der Waals surface area contributed by atoms with Crippen LogP contribution >= 0.6 is 0 Å². The highest BCUT2D eigenvalue weighted by atomic mass is 32.2. The van der Waals surface area contributed by atoms with Crippen molar-refractivity contribution in [2.75, 3.05) is 0 Å². The number of fused-ring (bicyclic) bond motifs is 7. The molecule has 0 saturated heterocycles. The van der Waals surface area contributed by atoms with Gasteiger partial charge in [-0.05, 0) is 59.4 Å². The largest absolute Gasteiger partial charge is 0.297 e. The van der Waals surface area contributed by atoms with Gasteiger partial charge >= 0.3 is 0 Å². The van der Waals surface area contributed by atoms with Gasteiger partial charge in [0.15, 0.2) is 0 Å². The molecule has 4 heteroatoms. The van der Waals surface area contributed by atoms with Gasteiger partial charge in [-0.3, -0.25) is 4.18 Å². The molecule has 4 atom stereocenters. The lowest BCUT2D eigenvalue weighted by Crippen LogP contribution is -2.52. The molecule has 3 aliphatic carbocycles. The van der Waals surface area contributed by atoms with E-state index in [9.17, 15) is 8.42 Å². The van der Waals surface area contributed by atoms with Gasteiger partial charge in [-0.15, -0.1) is 0 Å². The molecular formula is C19H24O3S. The lowest BCUT2D eigenvalue weighted by Gasteiger charge is -2.55. The van der Waals surface area contributed by atoms with Crippen molar-refractivity contribution in [3.63, 3.8) is 0 Å². The van der Waals surface area contributed by atoms with E-state index in [0.29, 0.717) is 16.7 Å². The van der Waals surface area contributed by atoms with Crippen LogP contribution in [-0.2, 0) is 38.0 Å². The van der Waals surface area contributed by atoms with Crippen molar-refractivity contribution in [3.8, 4) is 0 Å². The van der Waals surface area contributed by atoms with E-state index in [1.165, 1.54) is 16.7 Å². The highest BCUT2D eigenvalue weighted by molar-refractivity contribution is 7.87. The number of hydrogen-bond donors (Lipinski definition) is 0. The van der Waals surface area contributed by atoms with Gasteiger partial charge in [-0.1, -0.05) is 27.7 Å². The highest BCUT2D eigenvalue weighted by Gasteiger charge is 2.72. The van der Waals surface area contributed by atoms with Crippen LogP contribution in [-0.4, -0.2) is 14.5 Å². The lowest BCUT2D eigenvalue weighted by atomic mass is 9.49. The second-order valence-corrected chi connectivity index (χ2v) is 10.3. The van der Waals surface area contributed by atoms with Crippen molar-refractivity contribution in [3.05, 3.63) is 27.8 Å². The summed E-state index contributed by atoms with van der Waals surface area (Å²) >= 11 is 0. The first-order chi connectivity index (χ1) is 10.6. The second-order valence-electron chi connectivity index (χ2n) is 8.82. The number of benzene rings is 1. The van der Waals surface area contributed by atoms with E-state index in [-0.39, 0.29) is 16.9 Å². The lowest BCUT2D eigenvalue weighted by molar-refractivity contribution is 0.210. The Labute approximate surface area is 138 Å². The molecule has 3 nitrogen and oxygen atoms in total. The van der Waals surface area contributed by atoms with Gasteiger partial charge < -0.3 is 0 Å². The summed E-state index contributed by atoms with van der Waals surface area (Å²) in [7, 11) is -3.63. The molecule has 1 spiro atoms. The fraction of sp³-hybridized carbons (Fsp3) is 0.684. The summed E-state index contributed by atoms with van der Waals surface area (Å²) in [4.78, 5) is 0.569. The first-order valence-electron chi connectivity index (χ1n) is 8.78. The summed E-state index contributed by atoms with van der Waals surface area (Å²) in [5.74, 6) is 1.05. The SMILES string of the molecule is CC1Cc2c3c(c4c(c2S(=O)(=O)O1)C1(CC1C)C4(C)C)CC3C. The van der Waals surface area contributed by atoms with Gasteiger partial charge in [0, 0.05) is 17.3 Å². The average Bonchev–Trinajstić information content (AvgIpc) is 3.08. The summed E-state index contributed by atoms with van der Waals surface area (Å²) in [5, 5.41) is 0. The molecule has 1 heterocycles. The van der Waals surface area contributed by atoms with Gasteiger partial charge in [0.2, 0.25) is 0 Å². The van der Waals surface area contributed by atoms with Crippen LogP contribution in [0.1, 0.15) is 74.8 Å². The molecule has 4 unspecified atom stereocenters. The Morgan fingerprint density at radius 1 is 1.04 bits per heavy atom. The predicted molar refractivity (Wildman–Crippen MR) is 88.5 cm³/mol. The van der Waals surface area contributed by atoms with E-state index in [4.69, 9.17) is 4.18 Å². The molecule has 1 aromatic rings. The molecule has 5 rings (SSSR count). The topological polar surface area (TPSA) is 43.4 Å². The average molecular weight is 332 g/mol. The van der Waals surface area contributed by atoms with Crippen molar-refractivity contribution in [2.24, 2.45) is 5.92 Å². The Kier molecular flexibility index (Phi) is 2.33. The maximum atomic E-state index is 12.9. The summed E-state index contributed by atoms with van der Waals surface area (Å²) < 4.78 is 31.2. The zero-order valence-corrected chi connectivity index (χ0v) is 15.3. The normalized spacial score (nSPS) is 40.5. The molecule has 23 heavy (non-hydrogen) atoms. The Balaban J connectivity index is 1.92. The molecule has 0 N–H and O–H groups in total.